The second kappa shape index (κ2) is 7.64. The van der Waals surface area contributed by atoms with Crippen LogP contribution >= 0.6 is 11.3 Å². The topological polar surface area (TPSA) is 43.6 Å². The first kappa shape index (κ1) is 18.5. The van der Waals surface area contributed by atoms with Gasteiger partial charge in [-0.2, -0.15) is 4.99 Å². The smallest absolute Gasteiger partial charge is 0.251 e. The Morgan fingerprint density at radius 2 is 2.19 bits per heavy atom. The van der Waals surface area contributed by atoms with Crippen molar-refractivity contribution in [2.75, 3.05) is 13.7 Å². The number of methoxy groups -OCH3 is 1. The van der Waals surface area contributed by atoms with E-state index in [1.807, 2.05) is 4.57 Å². The summed E-state index contributed by atoms with van der Waals surface area (Å²) in [7, 11) is 1.60. The number of hydrogen-bond donors (Lipinski definition) is 0. The number of carbonyl (C=O) groups excluding carboxylic acids is 1. The second-order valence-corrected chi connectivity index (χ2v) is 8.43. The van der Waals surface area contributed by atoms with Gasteiger partial charge in [-0.3, -0.25) is 4.79 Å². The van der Waals surface area contributed by atoms with Crippen molar-refractivity contribution in [1.82, 2.24) is 4.57 Å². The number of carbonyl (C=O) groups is 1. The first-order chi connectivity index (χ1) is 13.0. The Hall–Kier alpha value is -1.86. The molecular formula is C20H22F2N2O2S. The fraction of sp³-hybridized carbons (Fsp3) is 0.500. The van der Waals surface area contributed by atoms with Crippen molar-refractivity contribution in [3.63, 3.8) is 0 Å². The molecule has 1 amide bonds. The Labute approximate surface area is 160 Å². The van der Waals surface area contributed by atoms with Gasteiger partial charge in [0.05, 0.1) is 11.5 Å². The number of rotatable bonds is 5. The zero-order chi connectivity index (χ0) is 19.0. The summed E-state index contributed by atoms with van der Waals surface area (Å²) in [6.07, 6.45) is 6.20. The van der Waals surface area contributed by atoms with Crippen LogP contribution in [0.1, 0.15) is 25.7 Å². The molecule has 4 nitrogen and oxygen atoms in total. The molecule has 1 aromatic heterocycles. The van der Waals surface area contributed by atoms with E-state index < -0.39 is 11.6 Å². The quantitative estimate of drug-likeness (QED) is 0.772. The summed E-state index contributed by atoms with van der Waals surface area (Å²) in [6.45, 7) is 0.968. The number of thiazole rings is 1. The van der Waals surface area contributed by atoms with Gasteiger partial charge in [0, 0.05) is 37.4 Å². The van der Waals surface area contributed by atoms with Crippen molar-refractivity contribution in [2.45, 2.75) is 32.2 Å². The van der Waals surface area contributed by atoms with Gasteiger partial charge in [0.1, 0.15) is 11.6 Å². The lowest BCUT2D eigenvalue weighted by Crippen LogP contribution is -2.24. The molecule has 7 heteroatoms. The van der Waals surface area contributed by atoms with Crippen molar-refractivity contribution >= 4 is 17.2 Å². The van der Waals surface area contributed by atoms with Crippen LogP contribution in [0.4, 0.5) is 8.78 Å². The average molecular weight is 392 g/mol. The molecule has 2 fully saturated rings. The molecule has 3 atom stereocenters. The second-order valence-electron chi connectivity index (χ2n) is 7.42. The van der Waals surface area contributed by atoms with Crippen LogP contribution in [0.5, 0.6) is 0 Å². The first-order valence-corrected chi connectivity index (χ1v) is 10.1. The molecule has 2 bridgehead atoms. The standard InChI is InChI=1S/C20H22F2N2O2S/c1-26-7-6-24-11-18(15-5-4-14(21)10-17(15)22)27-20(24)23-19(25)16-9-12-2-3-13(16)8-12/h4-5,10-13,16H,2-3,6-9H2,1H3. The molecule has 2 saturated carbocycles. The highest BCUT2D eigenvalue weighted by Gasteiger charge is 2.43. The minimum Gasteiger partial charge on any atom is -0.383 e. The number of halogens is 2. The highest BCUT2D eigenvalue weighted by Crippen LogP contribution is 2.48. The largest absolute Gasteiger partial charge is 0.383 e. The SMILES string of the molecule is COCCn1cc(-c2ccc(F)cc2F)sc1=NC(=O)C1CC2CCC1C2. The number of hydrogen-bond acceptors (Lipinski definition) is 3. The van der Waals surface area contributed by atoms with Crippen molar-refractivity contribution in [3.8, 4) is 10.4 Å². The summed E-state index contributed by atoms with van der Waals surface area (Å²) in [5.74, 6) is -0.147. The van der Waals surface area contributed by atoms with E-state index in [1.54, 1.807) is 13.3 Å². The minimum absolute atomic E-state index is 0.0210. The highest BCUT2D eigenvalue weighted by molar-refractivity contribution is 7.12. The van der Waals surface area contributed by atoms with Crippen LogP contribution < -0.4 is 4.80 Å². The van der Waals surface area contributed by atoms with E-state index in [2.05, 4.69) is 4.99 Å². The van der Waals surface area contributed by atoms with Crippen LogP contribution in [0, 0.1) is 29.4 Å². The van der Waals surface area contributed by atoms with Crippen LogP contribution in [0.3, 0.4) is 0 Å². The van der Waals surface area contributed by atoms with Gasteiger partial charge >= 0.3 is 0 Å². The number of nitrogens with zero attached hydrogens (tertiary/aromatic N) is 2. The number of amides is 1. The van der Waals surface area contributed by atoms with E-state index >= 15 is 0 Å². The molecule has 0 saturated heterocycles. The molecule has 2 aromatic rings. The average Bonchev–Trinajstić information content (AvgIpc) is 3.35. The Morgan fingerprint density at radius 3 is 2.85 bits per heavy atom. The third-order valence-corrected chi connectivity index (χ3v) is 6.77. The van der Waals surface area contributed by atoms with Crippen molar-refractivity contribution in [3.05, 3.63) is 40.8 Å². The lowest BCUT2D eigenvalue weighted by Gasteiger charge is -2.17. The number of aromatic nitrogens is 1. The van der Waals surface area contributed by atoms with Crippen LogP contribution in [-0.4, -0.2) is 24.2 Å². The zero-order valence-corrected chi connectivity index (χ0v) is 16.0. The van der Waals surface area contributed by atoms with Gasteiger partial charge in [0.2, 0.25) is 0 Å². The maximum Gasteiger partial charge on any atom is 0.251 e. The lowest BCUT2D eigenvalue weighted by molar-refractivity contribution is -0.123. The molecule has 0 aliphatic heterocycles. The summed E-state index contributed by atoms with van der Waals surface area (Å²) in [5, 5.41) is 0. The molecular weight excluding hydrogens is 370 g/mol. The molecule has 0 N–H and O–H groups in total. The molecule has 144 valence electrons. The Morgan fingerprint density at radius 1 is 1.33 bits per heavy atom. The zero-order valence-electron chi connectivity index (χ0n) is 15.2. The molecule has 3 unspecified atom stereocenters. The van der Waals surface area contributed by atoms with Gasteiger partial charge in [0.15, 0.2) is 4.80 Å². The Bertz CT molecular complexity index is 921. The van der Waals surface area contributed by atoms with Crippen LogP contribution in [0.15, 0.2) is 29.4 Å². The Kier molecular flexibility index (Phi) is 5.23. The summed E-state index contributed by atoms with van der Waals surface area (Å²) < 4.78 is 34.3. The molecule has 1 heterocycles. The highest BCUT2D eigenvalue weighted by atomic mass is 32.1. The first-order valence-electron chi connectivity index (χ1n) is 9.28. The molecule has 2 aliphatic carbocycles. The number of fused-ring (bicyclic) bond motifs is 2. The summed E-state index contributed by atoms with van der Waals surface area (Å²) >= 11 is 1.25. The normalized spacial score (nSPS) is 24.7. The summed E-state index contributed by atoms with van der Waals surface area (Å²) in [5.41, 5.74) is 0.307. The van der Waals surface area contributed by atoms with E-state index in [9.17, 15) is 13.6 Å². The predicted octanol–water partition coefficient (Wildman–Crippen LogP) is 4.00. The maximum absolute atomic E-state index is 14.2. The van der Waals surface area contributed by atoms with Crippen molar-refractivity contribution < 1.29 is 18.3 Å². The predicted molar refractivity (Wildman–Crippen MR) is 99.0 cm³/mol. The van der Waals surface area contributed by atoms with E-state index in [1.165, 1.54) is 29.9 Å². The summed E-state index contributed by atoms with van der Waals surface area (Å²) in [4.78, 5) is 18.3. The lowest BCUT2D eigenvalue weighted by atomic mass is 9.88. The van der Waals surface area contributed by atoms with Gasteiger partial charge in [-0.15, -0.1) is 0 Å². The molecule has 2 aliphatic rings. The third kappa shape index (κ3) is 3.75. The van der Waals surface area contributed by atoms with Gasteiger partial charge in [0.25, 0.3) is 5.91 Å². The molecule has 0 radical (unpaired) electrons. The van der Waals surface area contributed by atoms with E-state index in [-0.39, 0.29) is 11.8 Å². The van der Waals surface area contributed by atoms with E-state index in [0.717, 1.165) is 25.3 Å². The van der Waals surface area contributed by atoms with Crippen molar-refractivity contribution in [2.24, 2.45) is 22.7 Å². The fourth-order valence-electron chi connectivity index (χ4n) is 4.36. The van der Waals surface area contributed by atoms with E-state index in [4.69, 9.17) is 4.74 Å². The molecule has 1 aromatic carbocycles. The van der Waals surface area contributed by atoms with Crippen LogP contribution in [-0.2, 0) is 16.1 Å². The van der Waals surface area contributed by atoms with Gasteiger partial charge in [-0.05, 0) is 43.2 Å². The number of ether oxygens (including phenoxy) is 1. The van der Waals surface area contributed by atoms with Crippen molar-refractivity contribution in [1.29, 1.82) is 0 Å². The van der Waals surface area contributed by atoms with Crippen LogP contribution in [0.2, 0.25) is 0 Å². The molecule has 4 rings (SSSR count). The van der Waals surface area contributed by atoms with Gasteiger partial charge in [-0.1, -0.05) is 17.8 Å². The van der Waals surface area contributed by atoms with Gasteiger partial charge in [-0.25, -0.2) is 8.78 Å². The van der Waals surface area contributed by atoms with E-state index in [0.29, 0.717) is 40.2 Å². The maximum atomic E-state index is 14.2. The molecule has 0 spiro atoms. The molecule has 27 heavy (non-hydrogen) atoms. The van der Waals surface area contributed by atoms with Gasteiger partial charge < -0.3 is 9.30 Å². The monoisotopic (exact) mass is 392 g/mol. The third-order valence-electron chi connectivity index (χ3n) is 5.71. The number of benzene rings is 1. The fourth-order valence-corrected chi connectivity index (χ4v) is 5.40. The van der Waals surface area contributed by atoms with Crippen LogP contribution in [0.25, 0.3) is 10.4 Å². The summed E-state index contributed by atoms with van der Waals surface area (Å²) in [6, 6.07) is 3.51. The minimum atomic E-state index is -0.624. The Balaban J connectivity index is 1.68.